The van der Waals surface area contributed by atoms with Gasteiger partial charge in [-0.1, -0.05) is 24.3 Å². The van der Waals surface area contributed by atoms with Gasteiger partial charge in [-0.25, -0.2) is 0 Å². The summed E-state index contributed by atoms with van der Waals surface area (Å²) >= 11 is 0. The van der Waals surface area contributed by atoms with Crippen molar-refractivity contribution in [2.75, 3.05) is 24.7 Å². The zero-order valence-electron chi connectivity index (χ0n) is 17.7. The number of amides is 1. The number of aryl methyl sites for hydroxylation is 1. The molecule has 4 heterocycles. The van der Waals surface area contributed by atoms with Crippen LogP contribution < -0.4 is 4.90 Å². The van der Waals surface area contributed by atoms with Crippen LogP contribution in [0.2, 0.25) is 0 Å². The van der Waals surface area contributed by atoms with E-state index < -0.39 is 11.0 Å². The Hall–Kier alpha value is -3.12. The molecule has 2 aromatic rings. The number of hydrogen-bond acceptors (Lipinski definition) is 5. The number of fused-ring (bicyclic) bond motifs is 4. The van der Waals surface area contributed by atoms with Crippen LogP contribution in [0.1, 0.15) is 30.3 Å². The van der Waals surface area contributed by atoms with Gasteiger partial charge in [-0.2, -0.15) is 0 Å². The van der Waals surface area contributed by atoms with Crippen molar-refractivity contribution in [2.45, 2.75) is 37.8 Å². The quantitative estimate of drug-likeness (QED) is 0.749. The summed E-state index contributed by atoms with van der Waals surface area (Å²) in [6.07, 6.45) is 2.50. The predicted octanol–water partition coefficient (Wildman–Crippen LogP) is 3.55. The highest BCUT2D eigenvalue weighted by Gasteiger charge is 2.60. The van der Waals surface area contributed by atoms with Crippen LogP contribution in [0.15, 0.2) is 65.6 Å². The summed E-state index contributed by atoms with van der Waals surface area (Å²) in [5.74, 6) is 1.57. The number of pyridine rings is 1. The van der Waals surface area contributed by atoms with Crippen molar-refractivity contribution >= 4 is 11.6 Å². The fourth-order valence-corrected chi connectivity index (χ4v) is 5.33. The minimum absolute atomic E-state index is 0.0409. The molecule has 2 atom stereocenters. The first kappa shape index (κ1) is 18.6. The molecule has 0 saturated carbocycles. The molecule has 0 N–H and O–H groups in total. The lowest BCUT2D eigenvalue weighted by Crippen LogP contribution is -2.47. The van der Waals surface area contributed by atoms with Gasteiger partial charge < -0.3 is 19.1 Å². The molecule has 6 heteroatoms. The molecule has 1 aliphatic carbocycles. The molecular formula is C25H24N2O4. The minimum atomic E-state index is -0.832. The first-order valence-corrected chi connectivity index (χ1v) is 10.7. The topological polar surface area (TPSA) is 60.9 Å². The molecule has 6 nitrogen and oxygen atoms in total. The highest BCUT2D eigenvalue weighted by Crippen LogP contribution is 2.55. The Balaban J connectivity index is 1.46. The molecule has 1 saturated heterocycles. The van der Waals surface area contributed by atoms with Crippen LogP contribution in [0.25, 0.3) is 0 Å². The van der Waals surface area contributed by atoms with Gasteiger partial charge >= 0.3 is 0 Å². The second-order valence-corrected chi connectivity index (χ2v) is 8.83. The Morgan fingerprint density at radius 1 is 1.10 bits per heavy atom. The number of aromatic nitrogens is 1. The number of benzene rings is 1. The number of allylic oxidation sites excluding steroid dienone is 1. The number of ether oxygens (including phenoxy) is 3. The first-order chi connectivity index (χ1) is 15.0. The summed E-state index contributed by atoms with van der Waals surface area (Å²) < 4.78 is 18.1. The molecule has 0 radical (unpaired) electrons. The maximum Gasteiger partial charge on any atom is 0.245 e. The maximum atomic E-state index is 14.1. The summed E-state index contributed by atoms with van der Waals surface area (Å²) in [4.78, 5) is 20.6. The summed E-state index contributed by atoms with van der Waals surface area (Å²) in [5.41, 5.74) is 3.31. The average molecular weight is 416 g/mol. The number of carbonyl (C=O) groups excluding carboxylic acids is 1. The fourth-order valence-electron chi connectivity index (χ4n) is 5.33. The summed E-state index contributed by atoms with van der Waals surface area (Å²) in [6.45, 7) is 5.80. The first-order valence-electron chi connectivity index (χ1n) is 10.7. The number of rotatable bonds is 2. The number of carbonyl (C=O) groups is 1. The van der Waals surface area contributed by atoms with Crippen molar-refractivity contribution in [3.8, 4) is 0 Å². The summed E-state index contributed by atoms with van der Waals surface area (Å²) in [7, 11) is 0. The number of nitrogens with zero attached hydrogens (tertiary/aromatic N) is 2. The van der Waals surface area contributed by atoms with E-state index in [0.717, 1.165) is 39.7 Å². The Morgan fingerprint density at radius 3 is 2.84 bits per heavy atom. The summed E-state index contributed by atoms with van der Waals surface area (Å²) in [6, 6.07) is 13.9. The van der Waals surface area contributed by atoms with E-state index >= 15 is 0 Å². The lowest BCUT2D eigenvalue weighted by Gasteiger charge is -2.40. The second kappa shape index (κ2) is 6.44. The third-order valence-corrected chi connectivity index (χ3v) is 6.85. The molecule has 1 aromatic carbocycles. The average Bonchev–Trinajstić information content (AvgIpc) is 3.24. The molecule has 2 unspecified atom stereocenters. The zero-order valence-corrected chi connectivity index (χ0v) is 17.7. The van der Waals surface area contributed by atoms with Gasteiger partial charge in [0.05, 0.1) is 18.8 Å². The van der Waals surface area contributed by atoms with Gasteiger partial charge in [0.25, 0.3) is 0 Å². The van der Waals surface area contributed by atoms with Crippen LogP contribution >= 0.6 is 0 Å². The smallest absolute Gasteiger partial charge is 0.245 e. The second-order valence-electron chi connectivity index (χ2n) is 8.83. The normalized spacial score (nSPS) is 28.6. The van der Waals surface area contributed by atoms with Crippen molar-refractivity contribution in [3.63, 3.8) is 0 Å². The van der Waals surface area contributed by atoms with E-state index in [2.05, 4.69) is 11.1 Å². The Labute approximate surface area is 181 Å². The van der Waals surface area contributed by atoms with Gasteiger partial charge in [0.15, 0.2) is 0 Å². The van der Waals surface area contributed by atoms with Crippen LogP contribution in [0.3, 0.4) is 0 Å². The highest BCUT2D eigenvalue weighted by atomic mass is 16.6. The van der Waals surface area contributed by atoms with E-state index in [-0.39, 0.29) is 5.91 Å². The van der Waals surface area contributed by atoms with Crippen LogP contribution in [0.4, 0.5) is 5.69 Å². The van der Waals surface area contributed by atoms with Gasteiger partial charge in [-0.15, -0.1) is 0 Å². The molecule has 1 fully saturated rings. The zero-order chi connectivity index (χ0) is 21.2. The molecule has 1 spiro atoms. The Bertz CT molecular complexity index is 1170. The van der Waals surface area contributed by atoms with Gasteiger partial charge in [-0.05, 0) is 43.2 Å². The third-order valence-electron chi connectivity index (χ3n) is 6.85. The lowest BCUT2D eigenvalue weighted by atomic mass is 9.70. The SMILES string of the molecule is Cc1cccc(CN2C(=O)C3(COC4=C3CC3(C)OCCOC3=C4)c3ccccc32)n1. The van der Waals surface area contributed by atoms with E-state index in [4.69, 9.17) is 14.2 Å². The van der Waals surface area contributed by atoms with Crippen molar-refractivity contribution in [1.29, 1.82) is 0 Å². The van der Waals surface area contributed by atoms with Crippen LogP contribution in [0.5, 0.6) is 0 Å². The van der Waals surface area contributed by atoms with Gasteiger partial charge in [-0.3, -0.25) is 9.78 Å². The fraction of sp³-hybridized carbons (Fsp3) is 0.360. The third kappa shape index (κ3) is 2.54. The molecule has 6 rings (SSSR count). The van der Waals surface area contributed by atoms with Crippen LogP contribution in [-0.4, -0.2) is 36.3 Å². The van der Waals surface area contributed by atoms with Gasteiger partial charge in [0, 0.05) is 23.9 Å². The van der Waals surface area contributed by atoms with E-state index in [1.807, 2.05) is 61.2 Å². The molecule has 1 amide bonds. The minimum Gasteiger partial charge on any atom is -0.492 e. The van der Waals surface area contributed by atoms with E-state index in [1.165, 1.54) is 0 Å². The molecule has 4 aliphatic rings. The lowest BCUT2D eigenvalue weighted by molar-refractivity contribution is -0.123. The standard InChI is InChI=1S/C25H24N2O4/c1-16-6-5-7-17(26-16)14-27-20-9-4-3-8-18(20)25(23(27)28)15-30-21-12-22-24(2,13-19(21)25)31-11-10-29-22/h3-9,12H,10-11,13-15H2,1-2H3. The number of para-hydroxylation sites is 1. The Morgan fingerprint density at radius 2 is 1.97 bits per heavy atom. The highest BCUT2D eigenvalue weighted by molar-refractivity contribution is 6.11. The molecule has 31 heavy (non-hydrogen) atoms. The van der Waals surface area contributed by atoms with Crippen molar-refractivity contribution in [1.82, 2.24) is 4.98 Å². The van der Waals surface area contributed by atoms with Crippen LogP contribution in [-0.2, 0) is 31.0 Å². The Kier molecular flexibility index (Phi) is 3.87. The molecule has 1 aromatic heterocycles. The largest absolute Gasteiger partial charge is 0.492 e. The maximum absolute atomic E-state index is 14.1. The van der Waals surface area contributed by atoms with Crippen molar-refractivity contribution < 1.29 is 19.0 Å². The van der Waals surface area contributed by atoms with Gasteiger partial charge in [0.2, 0.25) is 5.91 Å². The van der Waals surface area contributed by atoms with Crippen LogP contribution in [0, 0.1) is 6.92 Å². The summed E-state index contributed by atoms with van der Waals surface area (Å²) in [5, 5.41) is 0. The van der Waals surface area contributed by atoms with E-state index in [9.17, 15) is 4.79 Å². The van der Waals surface area contributed by atoms with E-state index in [1.54, 1.807) is 0 Å². The van der Waals surface area contributed by atoms with Crippen molar-refractivity contribution in [3.05, 3.63) is 82.6 Å². The van der Waals surface area contributed by atoms with Crippen molar-refractivity contribution in [2.24, 2.45) is 0 Å². The molecule has 3 aliphatic heterocycles. The van der Waals surface area contributed by atoms with Gasteiger partial charge in [0.1, 0.15) is 35.7 Å². The van der Waals surface area contributed by atoms with E-state index in [0.29, 0.717) is 32.8 Å². The molecular weight excluding hydrogens is 392 g/mol. The monoisotopic (exact) mass is 416 g/mol. The number of hydrogen-bond donors (Lipinski definition) is 0. The molecule has 158 valence electrons. The number of anilines is 1. The molecule has 0 bridgehead atoms. The predicted molar refractivity (Wildman–Crippen MR) is 114 cm³/mol.